The lowest BCUT2D eigenvalue weighted by Gasteiger charge is -2.12. The minimum absolute atomic E-state index is 0.335. The molecular weight excluding hydrogens is 445 g/mol. The van der Waals surface area contributed by atoms with Gasteiger partial charge in [-0.3, -0.25) is 9.59 Å². The van der Waals surface area contributed by atoms with E-state index in [4.69, 9.17) is 23.2 Å². The Kier molecular flexibility index (Phi) is 6.01. The van der Waals surface area contributed by atoms with Crippen LogP contribution in [0.25, 0.3) is 6.08 Å². The van der Waals surface area contributed by atoms with E-state index < -0.39 is 0 Å². The molecule has 3 aromatic rings. The Bertz CT molecular complexity index is 1110. The molecule has 1 aliphatic rings. The Hall–Kier alpha value is -2.18. The number of nitrogens with zero attached hydrogens (tertiary/aromatic N) is 1. The molecule has 0 aromatic heterocycles. The number of rotatable bonds is 4. The van der Waals surface area contributed by atoms with Crippen LogP contribution in [0.4, 0.5) is 10.5 Å². The van der Waals surface area contributed by atoms with Crippen LogP contribution in [0.15, 0.2) is 87.5 Å². The largest absolute Gasteiger partial charge is 0.298 e. The Morgan fingerprint density at radius 3 is 2.14 bits per heavy atom. The average molecular weight is 458 g/mol. The molecule has 144 valence electrons. The average Bonchev–Trinajstić information content (AvgIpc) is 2.98. The van der Waals surface area contributed by atoms with Gasteiger partial charge in [0.2, 0.25) is 0 Å². The van der Waals surface area contributed by atoms with Gasteiger partial charge >= 0.3 is 0 Å². The van der Waals surface area contributed by atoms with Crippen molar-refractivity contribution in [2.45, 2.75) is 9.79 Å². The molecule has 3 nitrogen and oxygen atoms in total. The predicted octanol–water partition coefficient (Wildman–Crippen LogP) is 7.39. The van der Waals surface area contributed by atoms with Gasteiger partial charge < -0.3 is 0 Å². The second-order valence-electron chi connectivity index (χ2n) is 6.12. The number of amides is 2. The summed E-state index contributed by atoms with van der Waals surface area (Å²) in [5.41, 5.74) is 1.32. The van der Waals surface area contributed by atoms with Gasteiger partial charge in [-0.05, 0) is 78.0 Å². The van der Waals surface area contributed by atoms with Crippen LogP contribution < -0.4 is 4.90 Å². The SMILES string of the molecule is O=C1S/C(=C/c2ccc(Sc3ccc(Cl)cc3)cc2)C(=O)N1c1cccc(Cl)c1. The molecule has 0 atom stereocenters. The van der Waals surface area contributed by atoms with Crippen LogP contribution in [0.1, 0.15) is 5.56 Å². The minimum atomic E-state index is -0.345. The molecule has 29 heavy (non-hydrogen) atoms. The number of halogens is 2. The van der Waals surface area contributed by atoms with Crippen LogP contribution in [0, 0.1) is 0 Å². The standard InChI is InChI=1S/C22H13Cl2NO2S2/c23-15-6-10-19(11-7-15)28-18-8-4-14(5-9-18)12-20-21(26)25(22(27)29-20)17-3-1-2-16(24)13-17/h1-13H/b20-12+. The Morgan fingerprint density at radius 1 is 0.828 bits per heavy atom. The molecule has 0 spiro atoms. The summed E-state index contributed by atoms with van der Waals surface area (Å²) in [7, 11) is 0. The summed E-state index contributed by atoms with van der Waals surface area (Å²) < 4.78 is 0. The fourth-order valence-electron chi connectivity index (χ4n) is 2.73. The second-order valence-corrected chi connectivity index (χ2v) is 9.14. The third kappa shape index (κ3) is 4.70. The van der Waals surface area contributed by atoms with E-state index in [1.165, 1.54) is 0 Å². The van der Waals surface area contributed by atoms with Crippen LogP contribution >= 0.6 is 46.7 Å². The lowest BCUT2D eigenvalue weighted by Crippen LogP contribution is -2.27. The molecule has 0 aliphatic carbocycles. The molecule has 7 heteroatoms. The topological polar surface area (TPSA) is 37.4 Å². The van der Waals surface area contributed by atoms with Crippen molar-refractivity contribution >= 4 is 69.6 Å². The first-order chi connectivity index (χ1) is 14.0. The van der Waals surface area contributed by atoms with E-state index in [2.05, 4.69) is 0 Å². The Labute approximate surface area is 186 Å². The molecule has 0 saturated carbocycles. The number of imide groups is 1. The van der Waals surface area contributed by atoms with Crippen LogP contribution in [0.3, 0.4) is 0 Å². The van der Waals surface area contributed by atoms with Crippen molar-refractivity contribution in [2.75, 3.05) is 4.90 Å². The molecular formula is C22H13Cl2NO2S2. The summed E-state index contributed by atoms with van der Waals surface area (Å²) in [6.45, 7) is 0. The van der Waals surface area contributed by atoms with Crippen molar-refractivity contribution in [3.05, 3.63) is 93.3 Å². The van der Waals surface area contributed by atoms with Crippen molar-refractivity contribution in [3.8, 4) is 0 Å². The molecule has 1 aliphatic heterocycles. The summed E-state index contributed by atoms with van der Waals surface area (Å²) in [5, 5.41) is 0.842. The third-order valence-electron chi connectivity index (χ3n) is 4.09. The number of anilines is 1. The summed E-state index contributed by atoms with van der Waals surface area (Å²) >= 11 is 14.4. The summed E-state index contributed by atoms with van der Waals surface area (Å²) in [4.78, 5) is 28.8. The maximum absolute atomic E-state index is 12.7. The van der Waals surface area contributed by atoms with Gasteiger partial charge in [-0.2, -0.15) is 0 Å². The lowest BCUT2D eigenvalue weighted by atomic mass is 10.2. The van der Waals surface area contributed by atoms with Gasteiger partial charge in [0, 0.05) is 19.8 Å². The number of hydrogen-bond acceptors (Lipinski definition) is 4. The highest BCUT2D eigenvalue weighted by molar-refractivity contribution is 8.19. The van der Waals surface area contributed by atoms with Crippen LogP contribution in [0.5, 0.6) is 0 Å². The molecule has 3 aromatic carbocycles. The highest BCUT2D eigenvalue weighted by Gasteiger charge is 2.36. The summed E-state index contributed by atoms with van der Waals surface area (Å²) in [6, 6.07) is 22.1. The highest BCUT2D eigenvalue weighted by atomic mass is 35.5. The zero-order chi connectivity index (χ0) is 20.4. The van der Waals surface area contributed by atoms with E-state index in [-0.39, 0.29) is 11.1 Å². The van der Waals surface area contributed by atoms with E-state index in [0.717, 1.165) is 32.0 Å². The number of hydrogen-bond donors (Lipinski definition) is 0. The molecule has 1 heterocycles. The predicted molar refractivity (Wildman–Crippen MR) is 122 cm³/mol. The zero-order valence-corrected chi connectivity index (χ0v) is 18.0. The highest BCUT2D eigenvalue weighted by Crippen LogP contribution is 2.36. The zero-order valence-electron chi connectivity index (χ0n) is 14.8. The van der Waals surface area contributed by atoms with Crippen LogP contribution in [-0.4, -0.2) is 11.1 Å². The normalized spacial score (nSPS) is 15.4. The summed E-state index contributed by atoms with van der Waals surface area (Å²) in [6.07, 6.45) is 1.73. The molecule has 0 N–H and O–H groups in total. The van der Waals surface area contributed by atoms with Crippen molar-refractivity contribution in [1.82, 2.24) is 0 Å². The number of carbonyl (C=O) groups excluding carboxylic acids is 2. The molecule has 4 rings (SSSR count). The first-order valence-corrected chi connectivity index (χ1v) is 11.0. The monoisotopic (exact) mass is 457 g/mol. The first kappa shape index (κ1) is 20.1. The fraction of sp³-hybridized carbons (Fsp3) is 0. The van der Waals surface area contributed by atoms with Gasteiger partial charge in [0.1, 0.15) is 0 Å². The smallest absolute Gasteiger partial charge is 0.268 e. The number of carbonyl (C=O) groups is 2. The molecule has 2 amide bonds. The second kappa shape index (κ2) is 8.67. The van der Waals surface area contributed by atoms with Gasteiger partial charge in [0.15, 0.2) is 0 Å². The minimum Gasteiger partial charge on any atom is -0.268 e. The molecule has 0 unspecified atom stereocenters. The molecule has 1 fully saturated rings. The van der Waals surface area contributed by atoms with Gasteiger partial charge in [0.25, 0.3) is 11.1 Å². The molecule has 1 saturated heterocycles. The summed E-state index contributed by atoms with van der Waals surface area (Å²) in [5.74, 6) is -0.345. The maximum Gasteiger partial charge on any atom is 0.298 e. The quantitative estimate of drug-likeness (QED) is 0.382. The first-order valence-electron chi connectivity index (χ1n) is 8.56. The van der Waals surface area contributed by atoms with Crippen molar-refractivity contribution in [1.29, 1.82) is 0 Å². The van der Waals surface area contributed by atoms with Crippen molar-refractivity contribution in [2.24, 2.45) is 0 Å². The van der Waals surface area contributed by atoms with E-state index in [1.54, 1.807) is 42.1 Å². The van der Waals surface area contributed by atoms with Gasteiger partial charge in [-0.1, -0.05) is 53.2 Å². The van der Waals surface area contributed by atoms with Gasteiger partial charge in [0.05, 0.1) is 10.6 Å². The van der Waals surface area contributed by atoms with Crippen molar-refractivity contribution < 1.29 is 9.59 Å². The van der Waals surface area contributed by atoms with Gasteiger partial charge in [-0.15, -0.1) is 0 Å². The van der Waals surface area contributed by atoms with E-state index >= 15 is 0 Å². The molecule has 0 radical (unpaired) electrons. The van der Waals surface area contributed by atoms with E-state index in [1.807, 2.05) is 48.5 Å². The lowest BCUT2D eigenvalue weighted by molar-refractivity contribution is -0.113. The van der Waals surface area contributed by atoms with Gasteiger partial charge in [-0.25, -0.2) is 4.90 Å². The number of benzene rings is 3. The van der Waals surface area contributed by atoms with E-state index in [0.29, 0.717) is 20.6 Å². The maximum atomic E-state index is 12.7. The number of thioether (sulfide) groups is 1. The third-order valence-corrected chi connectivity index (χ3v) is 6.46. The fourth-order valence-corrected chi connectivity index (χ4v) is 4.70. The van der Waals surface area contributed by atoms with E-state index in [9.17, 15) is 9.59 Å². The van der Waals surface area contributed by atoms with Crippen LogP contribution in [-0.2, 0) is 4.79 Å². The van der Waals surface area contributed by atoms with Crippen LogP contribution in [0.2, 0.25) is 10.0 Å². The molecule has 0 bridgehead atoms. The Morgan fingerprint density at radius 2 is 1.48 bits per heavy atom. The van der Waals surface area contributed by atoms with Crippen molar-refractivity contribution in [3.63, 3.8) is 0 Å². The Balaban J connectivity index is 1.51.